The van der Waals surface area contributed by atoms with Gasteiger partial charge >= 0.3 is 0 Å². The third kappa shape index (κ3) is 2.56. The van der Waals surface area contributed by atoms with Crippen molar-refractivity contribution in [2.24, 2.45) is 0 Å². The van der Waals surface area contributed by atoms with Gasteiger partial charge in [0.05, 0.1) is 11.9 Å². The van der Waals surface area contributed by atoms with Gasteiger partial charge in [-0.15, -0.1) is 0 Å². The Bertz CT molecular complexity index is 273. The van der Waals surface area contributed by atoms with Crippen molar-refractivity contribution in [3.8, 4) is 0 Å². The van der Waals surface area contributed by atoms with Crippen LogP contribution in [0.5, 0.6) is 0 Å². The third-order valence-electron chi connectivity index (χ3n) is 2.02. The van der Waals surface area contributed by atoms with E-state index in [1.807, 2.05) is 18.5 Å². The van der Waals surface area contributed by atoms with Gasteiger partial charge in [-0.2, -0.15) is 0 Å². The predicted molar refractivity (Wildman–Crippen MR) is 65.1 cm³/mol. The van der Waals surface area contributed by atoms with Gasteiger partial charge in [0.25, 0.3) is 0 Å². The molecule has 1 aromatic heterocycles. The Morgan fingerprint density at radius 3 is 2.69 bits per heavy atom. The SMILES string of the molecule is CCN(c1cnccc1I)C(C)C. The fraction of sp³-hybridized carbons (Fsp3) is 0.500. The van der Waals surface area contributed by atoms with Gasteiger partial charge < -0.3 is 4.90 Å². The molecule has 3 heteroatoms. The van der Waals surface area contributed by atoms with Crippen LogP contribution in [0, 0.1) is 3.57 Å². The van der Waals surface area contributed by atoms with Gasteiger partial charge in [-0.3, -0.25) is 4.98 Å². The number of nitrogens with zero attached hydrogens (tertiary/aromatic N) is 2. The van der Waals surface area contributed by atoms with E-state index >= 15 is 0 Å². The van der Waals surface area contributed by atoms with Gasteiger partial charge in [0, 0.05) is 22.4 Å². The number of pyridine rings is 1. The maximum Gasteiger partial charge on any atom is 0.0690 e. The van der Waals surface area contributed by atoms with Crippen molar-refractivity contribution in [2.45, 2.75) is 26.8 Å². The van der Waals surface area contributed by atoms with Crippen molar-refractivity contribution < 1.29 is 0 Å². The summed E-state index contributed by atoms with van der Waals surface area (Å²) >= 11 is 2.35. The molecular formula is C10H15IN2. The predicted octanol–water partition coefficient (Wildman–Crippen LogP) is 2.92. The highest BCUT2D eigenvalue weighted by molar-refractivity contribution is 14.1. The molecule has 0 aliphatic carbocycles. The maximum absolute atomic E-state index is 4.15. The molecule has 0 spiro atoms. The van der Waals surface area contributed by atoms with Gasteiger partial charge in [-0.1, -0.05) is 0 Å². The fourth-order valence-electron chi connectivity index (χ4n) is 1.39. The second-order valence-corrected chi connectivity index (χ2v) is 4.37. The van der Waals surface area contributed by atoms with Crippen LogP contribution < -0.4 is 4.90 Å². The summed E-state index contributed by atoms with van der Waals surface area (Å²) in [5, 5.41) is 0. The lowest BCUT2D eigenvalue weighted by Gasteiger charge is -2.27. The van der Waals surface area contributed by atoms with Crippen molar-refractivity contribution in [3.63, 3.8) is 0 Å². The molecule has 13 heavy (non-hydrogen) atoms. The first-order valence-corrected chi connectivity index (χ1v) is 5.60. The molecular weight excluding hydrogens is 275 g/mol. The molecule has 0 N–H and O–H groups in total. The summed E-state index contributed by atoms with van der Waals surface area (Å²) in [6, 6.07) is 2.57. The van der Waals surface area contributed by atoms with Crippen LogP contribution in [0.15, 0.2) is 18.5 Å². The summed E-state index contributed by atoms with van der Waals surface area (Å²) in [7, 11) is 0. The highest BCUT2D eigenvalue weighted by atomic mass is 127. The van der Waals surface area contributed by atoms with E-state index in [1.54, 1.807) is 0 Å². The van der Waals surface area contributed by atoms with Gasteiger partial charge in [0.2, 0.25) is 0 Å². The Balaban J connectivity index is 2.97. The minimum absolute atomic E-state index is 0.530. The average molecular weight is 290 g/mol. The van der Waals surface area contributed by atoms with E-state index in [0.717, 1.165) is 6.54 Å². The number of hydrogen-bond acceptors (Lipinski definition) is 2. The molecule has 0 atom stereocenters. The summed E-state index contributed by atoms with van der Waals surface area (Å²) in [6.45, 7) is 7.60. The summed E-state index contributed by atoms with van der Waals surface area (Å²) < 4.78 is 1.27. The highest BCUT2D eigenvalue weighted by Gasteiger charge is 2.10. The summed E-state index contributed by atoms with van der Waals surface area (Å²) in [4.78, 5) is 6.49. The second-order valence-electron chi connectivity index (χ2n) is 3.21. The average Bonchev–Trinajstić information content (AvgIpc) is 2.09. The van der Waals surface area contributed by atoms with E-state index in [4.69, 9.17) is 0 Å². The lowest BCUT2D eigenvalue weighted by atomic mass is 10.3. The van der Waals surface area contributed by atoms with Crippen molar-refractivity contribution in [3.05, 3.63) is 22.0 Å². The van der Waals surface area contributed by atoms with Crippen LogP contribution in [0.4, 0.5) is 5.69 Å². The third-order valence-corrected chi connectivity index (χ3v) is 2.93. The van der Waals surface area contributed by atoms with E-state index < -0.39 is 0 Å². The molecule has 2 nitrogen and oxygen atoms in total. The molecule has 0 aromatic carbocycles. The topological polar surface area (TPSA) is 16.1 Å². The second kappa shape index (κ2) is 4.79. The zero-order valence-corrected chi connectivity index (χ0v) is 10.4. The Morgan fingerprint density at radius 2 is 2.23 bits per heavy atom. The standard InChI is InChI=1S/C10H15IN2/c1-4-13(8(2)3)10-7-12-6-5-9(10)11/h5-8H,4H2,1-3H3. The summed E-state index contributed by atoms with van der Waals surface area (Å²) in [5.74, 6) is 0. The quantitative estimate of drug-likeness (QED) is 0.796. The minimum Gasteiger partial charge on any atom is -0.367 e. The molecule has 0 radical (unpaired) electrons. The van der Waals surface area contributed by atoms with Crippen LogP contribution >= 0.6 is 22.6 Å². The van der Waals surface area contributed by atoms with E-state index in [2.05, 4.69) is 53.2 Å². The molecule has 72 valence electrons. The monoisotopic (exact) mass is 290 g/mol. The number of hydrogen-bond donors (Lipinski definition) is 0. The van der Waals surface area contributed by atoms with Crippen LogP contribution in [0.2, 0.25) is 0 Å². The van der Waals surface area contributed by atoms with Crippen molar-refractivity contribution in [2.75, 3.05) is 11.4 Å². The molecule has 0 amide bonds. The summed E-state index contributed by atoms with van der Waals surface area (Å²) in [5.41, 5.74) is 1.24. The van der Waals surface area contributed by atoms with Crippen LogP contribution in [0.3, 0.4) is 0 Å². The van der Waals surface area contributed by atoms with Crippen LogP contribution in [0.1, 0.15) is 20.8 Å². The Morgan fingerprint density at radius 1 is 1.54 bits per heavy atom. The number of anilines is 1. The lowest BCUT2D eigenvalue weighted by Crippen LogP contribution is -2.31. The molecule has 0 unspecified atom stereocenters. The molecule has 0 aliphatic heterocycles. The Hall–Kier alpha value is -0.320. The Kier molecular flexibility index (Phi) is 3.96. The number of aromatic nitrogens is 1. The van der Waals surface area contributed by atoms with E-state index in [0.29, 0.717) is 6.04 Å². The first kappa shape index (κ1) is 10.8. The largest absolute Gasteiger partial charge is 0.367 e. The number of halogens is 1. The minimum atomic E-state index is 0.530. The molecule has 1 aromatic rings. The zero-order chi connectivity index (χ0) is 9.84. The first-order valence-electron chi connectivity index (χ1n) is 4.53. The summed E-state index contributed by atoms with van der Waals surface area (Å²) in [6.07, 6.45) is 3.77. The first-order chi connectivity index (χ1) is 6.16. The van der Waals surface area contributed by atoms with Crippen LogP contribution in [-0.4, -0.2) is 17.6 Å². The molecule has 0 bridgehead atoms. The van der Waals surface area contributed by atoms with Gasteiger partial charge in [0.1, 0.15) is 0 Å². The lowest BCUT2D eigenvalue weighted by molar-refractivity contribution is 0.700. The zero-order valence-electron chi connectivity index (χ0n) is 8.29. The van der Waals surface area contributed by atoms with Crippen LogP contribution in [-0.2, 0) is 0 Å². The van der Waals surface area contributed by atoms with Gasteiger partial charge in [-0.25, -0.2) is 0 Å². The highest BCUT2D eigenvalue weighted by Crippen LogP contribution is 2.22. The van der Waals surface area contributed by atoms with Gasteiger partial charge in [-0.05, 0) is 49.4 Å². The van der Waals surface area contributed by atoms with Crippen molar-refractivity contribution >= 4 is 28.3 Å². The van der Waals surface area contributed by atoms with Gasteiger partial charge in [0.15, 0.2) is 0 Å². The molecule has 0 saturated carbocycles. The molecule has 0 fully saturated rings. The van der Waals surface area contributed by atoms with Crippen molar-refractivity contribution in [1.29, 1.82) is 0 Å². The Labute approximate surface area is 93.5 Å². The van der Waals surface area contributed by atoms with E-state index in [-0.39, 0.29) is 0 Å². The molecule has 1 rings (SSSR count). The molecule has 0 saturated heterocycles. The number of rotatable bonds is 3. The van der Waals surface area contributed by atoms with E-state index in [9.17, 15) is 0 Å². The maximum atomic E-state index is 4.15. The normalized spacial score (nSPS) is 10.5. The smallest absolute Gasteiger partial charge is 0.0690 e. The fourth-order valence-corrected chi connectivity index (χ4v) is 2.00. The molecule has 1 heterocycles. The van der Waals surface area contributed by atoms with Crippen molar-refractivity contribution in [1.82, 2.24) is 4.98 Å². The van der Waals surface area contributed by atoms with Crippen LogP contribution in [0.25, 0.3) is 0 Å². The molecule has 0 aliphatic rings. The van der Waals surface area contributed by atoms with E-state index in [1.165, 1.54) is 9.26 Å².